The fraction of sp³-hybridized carbons (Fsp3) is 0.939. The fourth-order valence-electron chi connectivity index (χ4n) is 5.31. The van der Waals surface area contributed by atoms with Crippen LogP contribution in [-0.2, 0) is 14.3 Å². The molecule has 0 aliphatic carbocycles. The van der Waals surface area contributed by atoms with Crippen molar-refractivity contribution in [2.24, 2.45) is 5.92 Å². The van der Waals surface area contributed by atoms with E-state index in [1.54, 1.807) is 0 Å². The Balaban J connectivity index is 3.53. The number of carboxylic acid groups (broad SMARTS) is 1. The average Bonchev–Trinajstić information content (AvgIpc) is 2.82. The van der Waals surface area contributed by atoms with E-state index >= 15 is 0 Å². The lowest BCUT2D eigenvalue weighted by Crippen LogP contribution is -2.45. The zero-order chi connectivity index (χ0) is 28.5. The average molecular weight is 540 g/mol. The summed E-state index contributed by atoms with van der Waals surface area (Å²) in [7, 11) is 5.87. The molecule has 0 aliphatic heterocycles. The lowest BCUT2D eigenvalue weighted by Gasteiger charge is -2.29. The van der Waals surface area contributed by atoms with Crippen LogP contribution in [0.5, 0.6) is 0 Å². The van der Waals surface area contributed by atoms with Gasteiger partial charge in [0.25, 0.3) is 0 Å². The number of nitrogens with zero attached hydrogens (tertiary/aromatic N) is 1. The summed E-state index contributed by atoms with van der Waals surface area (Å²) in [4.78, 5) is 23.1. The maximum atomic E-state index is 12.1. The number of carboxylic acids is 1. The number of carbonyl (C=O) groups is 2. The lowest BCUT2D eigenvalue weighted by molar-refractivity contribution is -0.873. The molecule has 2 unspecified atom stereocenters. The molecule has 0 radical (unpaired) electrons. The van der Waals surface area contributed by atoms with Crippen molar-refractivity contribution in [3.8, 4) is 0 Å². The Hall–Kier alpha value is -1.10. The first-order valence-corrected chi connectivity index (χ1v) is 16.3. The minimum atomic E-state index is -1.17. The quantitative estimate of drug-likeness (QED) is 0.0574. The molecule has 0 bridgehead atoms. The van der Waals surface area contributed by atoms with Gasteiger partial charge in [-0.15, -0.1) is 0 Å². The van der Waals surface area contributed by atoms with Crippen LogP contribution in [0, 0.1) is 5.92 Å². The van der Waals surface area contributed by atoms with Crippen molar-refractivity contribution >= 4 is 11.9 Å². The third-order valence-electron chi connectivity index (χ3n) is 7.57. The number of hydrogen-bond acceptors (Lipinski definition) is 4. The van der Waals surface area contributed by atoms with Crippen LogP contribution in [-0.4, -0.2) is 50.2 Å². The molecule has 226 valence electrons. The first-order valence-electron chi connectivity index (χ1n) is 16.3. The van der Waals surface area contributed by atoms with Gasteiger partial charge in [0, 0.05) is 18.8 Å². The molecule has 0 rings (SSSR count). The highest BCUT2D eigenvalue weighted by atomic mass is 16.5. The standard InChI is InChI=1S/C33H65NO4/c1-6-7-8-9-10-11-12-13-14-15-16-17-18-19-22-25-30(2)26-23-20-21-24-27-33(37)38-31(28-32(35)36)29-34(3,4)5/h30-31H,6-29H2,1-5H3. The van der Waals surface area contributed by atoms with Gasteiger partial charge in [-0.2, -0.15) is 0 Å². The topological polar surface area (TPSA) is 66.4 Å². The van der Waals surface area contributed by atoms with Crippen LogP contribution in [0.2, 0.25) is 0 Å². The Kier molecular flexibility index (Phi) is 24.2. The summed E-state index contributed by atoms with van der Waals surface area (Å²) in [5.74, 6) is -0.663. The fourth-order valence-corrected chi connectivity index (χ4v) is 5.31. The van der Waals surface area contributed by atoms with Gasteiger partial charge in [0.2, 0.25) is 0 Å². The van der Waals surface area contributed by atoms with E-state index in [-0.39, 0.29) is 12.4 Å². The van der Waals surface area contributed by atoms with Gasteiger partial charge in [0.1, 0.15) is 6.54 Å². The minimum Gasteiger partial charge on any atom is -0.550 e. The summed E-state index contributed by atoms with van der Waals surface area (Å²) in [5, 5.41) is 11.0. The highest BCUT2D eigenvalue weighted by molar-refractivity contribution is 5.70. The van der Waals surface area contributed by atoms with Crippen molar-refractivity contribution in [2.75, 3.05) is 27.7 Å². The molecule has 5 heteroatoms. The van der Waals surface area contributed by atoms with E-state index in [2.05, 4.69) is 13.8 Å². The normalized spacial score (nSPS) is 13.4. The Bertz CT molecular complexity index is 558. The molecule has 0 heterocycles. The van der Waals surface area contributed by atoms with Crippen LogP contribution >= 0.6 is 0 Å². The summed E-state index contributed by atoms with van der Waals surface area (Å²) in [6.07, 6.45) is 27.6. The summed E-state index contributed by atoms with van der Waals surface area (Å²) >= 11 is 0. The maximum absolute atomic E-state index is 12.1. The molecule has 0 aromatic rings. The predicted octanol–water partition coefficient (Wildman–Crippen LogP) is 7.98. The van der Waals surface area contributed by atoms with Crippen LogP contribution in [0.25, 0.3) is 0 Å². The second-order valence-electron chi connectivity index (χ2n) is 13.0. The van der Waals surface area contributed by atoms with E-state index < -0.39 is 12.1 Å². The molecule has 0 aromatic carbocycles. The first kappa shape index (κ1) is 36.9. The van der Waals surface area contributed by atoms with Gasteiger partial charge in [-0.25, -0.2) is 0 Å². The van der Waals surface area contributed by atoms with E-state index in [9.17, 15) is 14.7 Å². The number of quaternary nitrogens is 1. The highest BCUT2D eigenvalue weighted by Gasteiger charge is 2.22. The van der Waals surface area contributed by atoms with E-state index in [0.717, 1.165) is 25.2 Å². The Morgan fingerprint density at radius 1 is 0.658 bits per heavy atom. The van der Waals surface area contributed by atoms with Gasteiger partial charge in [-0.3, -0.25) is 4.79 Å². The molecule has 0 aromatic heterocycles. The van der Waals surface area contributed by atoms with E-state index in [1.807, 2.05) is 21.1 Å². The molecule has 0 fully saturated rings. The minimum absolute atomic E-state index is 0.238. The number of hydrogen-bond donors (Lipinski definition) is 0. The van der Waals surface area contributed by atoms with Gasteiger partial charge in [-0.05, 0) is 12.3 Å². The van der Waals surface area contributed by atoms with Gasteiger partial charge in [-0.1, -0.05) is 142 Å². The van der Waals surface area contributed by atoms with Crippen LogP contribution in [0.1, 0.15) is 162 Å². The van der Waals surface area contributed by atoms with Gasteiger partial charge < -0.3 is 19.1 Å². The molecule has 0 amide bonds. The third kappa shape index (κ3) is 27.9. The van der Waals surface area contributed by atoms with Crippen LogP contribution in [0.15, 0.2) is 0 Å². The molecule has 2 atom stereocenters. The van der Waals surface area contributed by atoms with Crippen molar-refractivity contribution < 1.29 is 23.9 Å². The largest absolute Gasteiger partial charge is 0.550 e. The SMILES string of the molecule is CCCCCCCCCCCCCCCCCC(C)CCCCCCC(=O)OC(CC(=O)[O-])C[N+](C)(C)C. The summed E-state index contributed by atoms with van der Waals surface area (Å²) in [5.41, 5.74) is 0. The number of unbranched alkanes of at least 4 members (excludes halogenated alkanes) is 17. The molecule has 0 aliphatic rings. The van der Waals surface area contributed by atoms with Crippen molar-refractivity contribution in [3.05, 3.63) is 0 Å². The molecule has 0 saturated carbocycles. The highest BCUT2D eigenvalue weighted by Crippen LogP contribution is 2.19. The second kappa shape index (κ2) is 24.9. The van der Waals surface area contributed by atoms with Crippen molar-refractivity contribution in [1.29, 1.82) is 0 Å². The molecular weight excluding hydrogens is 474 g/mol. The number of ether oxygens (including phenoxy) is 1. The molecule has 0 spiro atoms. The summed E-state index contributed by atoms with van der Waals surface area (Å²) in [6, 6.07) is 0. The Morgan fingerprint density at radius 2 is 1.05 bits per heavy atom. The lowest BCUT2D eigenvalue weighted by atomic mass is 9.96. The van der Waals surface area contributed by atoms with Crippen molar-refractivity contribution in [3.63, 3.8) is 0 Å². The first-order chi connectivity index (χ1) is 18.1. The second-order valence-corrected chi connectivity index (χ2v) is 13.0. The molecule has 0 saturated heterocycles. The zero-order valence-electron chi connectivity index (χ0n) is 26.2. The summed E-state index contributed by atoms with van der Waals surface area (Å²) < 4.78 is 5.97. The maximum Gasteiger partial charge on any atom is 0.306 e. The van der Waals surface area contributed by atoms with Crippen molar-refractivity contribution in [1.82, 2.24) is 0 Å². The van der Waals surface area contributed by atoms with Crippen LogP contribution < -0.4 is 5.11 Å². The monoisotopic (exact) mass is 539 g/mol. The number of rotatable bonds is 28. The predicted molar refractivity (Wildman–Crippen MR) is 159 cm³/mol. The number of esters is 1. The zero-order valence-corrected chi connectivity index (χ0v) is 26.2. The van der Waals surface area contributed by atoms with E-state index in [1.165, 1.54) is 116 Å². The molecular formula is C33H65NO4. The third-order valence-corrected chi connectivity index (χ3v) is 7.57. The van der Waals surface area contributed by atoms with Gasteiger partial charge in [0.15, 0.2) is 6.10 Å². The molecule has 0 N–H and O–H groups in total. The van der Waals surface area contributed by atoms with Crippen LogP contribution in [0.4, 0.5) is 0 Å². The summed E-state index contributed by atoms with van der Waals surface area (Å²) in [6.45, 7) is 5.14. The van der Waals surface area contributed by atoms with E-state index in [4.69, 9.17) is 4.74 Å². The van der Waals surface area contributed by atoms with Gasteiger partial charge in [0.05, 0.1) is 21.1 Å². The van der Waals surface area contributed by atoms with Crippen molar-refractivity contribution in [2.45, 2.75) is 168 Å². The molecule has 38 heavy (non-hydrogen) atoms. The smallest absolute Gasteiger partial charge is 0.306 e. The number of likely N-dealkylation sites (N-methyl/N-ethyl adjacent to an activating group) is 1. The van der Waals surface area contributed by atoms with E-state index in [0.29, 0.717) is 17.4 Å². The number of carbonyl (C=O) groups excluding carboxylic acids is 2. The van der Waals surface area contributed by atoms with Crippen LogP contribution in [0.3, 0.4) is 0 Å². The Labute approximate surface area is 237 Å². The molecule has 5 nitrogen and oxygen atoms in total. The Morgan fingerprint density at radius 3 is 1.45 bits per heavy atom. The van der Waals surface area contributed by atoms with Gasteiger partial charge >= 0.3 is 5.97 Å². The number of aliphatic carboxylic acids is 1.